The van der Waals surface area contributed by atoms with Crippen LogP contribution >= 0.6 is 0 Å². The van der Waals surface area contributed by atoms with E-state index < -0.39 is 5.97 Å². The summed E-state index contributed by atoms with van der Waals surface area (Å²) in [6, 6.07) is 5.37. The quantitative estimate of drug-likeness (QED) is 0.611. The summed E-state index contributed by atoms with van der Waals surface area (Å²) in [5, 5.41) is 15.3. The Morgan fingerprint density at radius 3 is 3.08 bits per heavy atom. The Labute approximate surface area is 152 Å². The molecule has 2 aliphatic heterocycles. The summed E-state index contributed by atoms with van der Waals surface area (Å²) in [6.45, 7) is 3.32. The smallest absolute Gasteiger partial charge is 0.323 e. The molecule has 1 aromatic rings. The van der Waals surface area contributed by atoms with Gasteiger partial charge in [-0.2, -0.15) is 0 Å². The fourth-order valence-electron chi connectivity index (χ4n) is 3.04. The first-order valence-electron chi connectivity index (χ1n) is 8.92. The molecule has 140 valence electrons. The number of carbonyl (C=O) groups is 2. The lowest BCUT2D eigenvalue weighted by molar-refractivity contribution is -0.137. The zero-order valence-electron chi connectivity index (χ0n) is 14.7. The van der Waals surface area contributed by atoms with E-state index in [1.54, 1.807) is 12.1 Å². The van der Waals surface area contributed by atoms with Gasteiger partial charge in [-0.05, 0) is 43.0 Å². The summed E-state index contributed by atoms with van der Waals surface area (Å²) in [7, 11) is 0. The zero-order chi connectivity index (χ0) is 18.4. The number of amides is 1. The van der Waals surface area contributed by atoms with Gasteiger partial charge in [0.05, 0.1) is 6.61 Å². The molecule has 0 atom stereocenters. The number of fused-ring (bicyclic) bond motifs is 1. The van der Waals surface area contributed by atoms with Crippen LogP contribution in [0.2, 0.25) is 0 Å². The number of nitrogens with one attached hydrogen (secondary N) is 2. The molecule has 2 aliphatic rings. The zero-order valence-corrected chi connectivity index (χ0v) is 14.7. The highest BCUT2D eigenvalue weighted by molar-refractivity contribution is 5.98. The van der Waals surface area contributed by atoms with E-state index in [0.717, 1.165) is 49.7 Å². The van der Waals surface area contributed by atoms with E-state index in [-0.39, 0.29) is 12.5 Å². The summed E-state index contributed by atoms with van der Waals surface area (Å²) in [5.41, 5.74) is 1.47. The van der Waals surface area contributed by atoms with E-state index in [1.165, 1.54) is 4.90 Å². The second kappa shape index (κ2) is 8.55. The molecule has 3 rings (SSSR count). The van der Waals surface area contributed by atoms with Crippen molar-refractivity contribution in [2.45, 2.75) is 19.3 Å². The van der Waals surface area contributed by atoms with Crippen molar-refractivity contribution in [3.05, 3.63) is 29.3 Å². The average molecular weight is 360 g/mol. The number of guanidine groups is 1. The minimum Gasteiger partial charge on any atom is -0.494 e. The fraction of sp³-hybridized carbons (Fsp3) is 0.500. The highest BCUT2D eigenvalue weighted by Crippen LogP contribution is 2.24. The second-order valence-electron chi connectivity index (χ2n) is 6.33. The van der Waals surface area contributed by atoms with E-state index in [0.29, 0.717) is 25.1 Å². The van der Waals surface area contributed by atoms with E-state index in [4.69, 9.17) is 9.84 Å². The number of benzene rings is 1. The van der Waals surface area contributed by atoms with E-state index in [1.807, 2.05) is 6.07 Å². The molecule has 0 fully saturated rings. The predicted octanol–water partition coefficient (Wildman–Crippen LogP) is 0.477. The van der Waals surface area contributed by atoms with Gasteiger partial charge in [0.1, 0.15) is 12.3 Å². The van der Waals surface area contributed by atoms with Crippen LogP contribution in [0.1, 0.15) is 28.8 Å². The standard InChI is InChI=1S/C18H24N4O4/c23-16(24)12-22-9-5-13-11-14(3-4-15(13)17(22)25)26-10-2-8-21-18-19-6-1-7-20-18/h3-4,11H,1-2,5-10,12H2,(H,23,24)(H2,19,20,21). The summed E-state index contributed by atoms with van der Waals surface area (Å²) < 4.78 is 5.77. The number of hydrogen-bond acceptors (Lipinski definition) is 6. The van der Waals surface area contributed by atoms with E-state index >= 15 is 0 Å². The number of carbonyl (C=O) groups excluding carboxylic acids is 1. The Bertz CT molecular complexity index is 704. The first-order chi connectivity index (χ1) is 12.6. The molecule has 0 bridgehead atoms. The SMILES string of the molecule is O=C(O)CN1CCc2cc(OCCCNC3=NCCCN3)ccc2C1=O. The molecule has 0 unspecified atom stereocenters. The fourth-order valence-corrected chi connectivity index (χ4v) is 3.04. The van der Waals surface area contributed by atoms with Gasteiger partial charge in [-0.3, -0.25) is 14.6 Å². The maximum absolute atomic E-state index is 12.3. The maximum Gasteiger partial charge on any atom is 0.323 e. The molecular formula is C18H24N4O4. The van der Waals surface area contributed by atoms with Crippen molar-refractivity contribution < 1.29 is 19.4 Å². The largest absolute Gasteiger partial charge is 0.494 e. The Hall–Kier alpha value is -2.77. The molecule has 1 amide bonds. The molecule has 1 aromatic carbocycles. The molecule has 8 heteroatoms. The molecule has 0 saturated heterocycles. The minimum atomic E-state index is -0.996. The Morgan fingerprint density at radius 2 is 2.31 bits per heavy atom. The summed E-state index contributed by atoms with van der Waals surface area (Å²) in [5.74, 6) is 0.362. The molecule has 0 aliphatic carbocycles. The number of rotatable bonds is 7. The number of carboxylic acid groups (broad SMARTS) is 1. The number of ether oxygens (including phenoxy) is 1. The second-order valence-corrected chi connectivity index (χ2v) is 6.33. The van der Waals surface area contributed by atoms with Crippen molar-refractivity contribution in [1.29, 1.82) is 0 Å². The number of aliphatic carboxylic acids is 1. The van der Waals surface area contributed by atoms with Gasteiger partial charge in [0, 0.05) is 31.7 Å². The van der Waals surface area contributed by atoms with Crippen LogP contribution in [0.3, 0.4) is 0 Å². The summed E-state index contributed by atoms with van der Waals surface area (Å²) >= 11 is 0. The Balaban J connectivity index is 1.46. The van der Waals surface area contributed by atoms with E-state index in [2.05, 4.69) is 15.6 Å². The number of carboxylic acids is 1. The molecule has 8 nitrogen and oxygen atoms in total. The van der Waals surface area contributed by atoms with Crippen LogP contribution < -0.4 is 15.4 Å². The highest BCUT2D eigenvalue weighted by atomic mass is 16.5. The van der Waals surface area contributed by atoms with Crippen molar-refractivity contribution in [1.82, 2.24) is 15.5 Å². The molecule has 0 aromatic heterocycles. The molecule has 0 saturated carbocycles. The third-order valence-electron chi connectivity index (χ3n) is 4.35. The van der Waals surface area contributed by atoms with Gasteiger partial charge in [-0.1, -0.05) is 0 Å². The van der Waals surface area contributed by atoms with Gasteiger partial charge in [0.2, 0.25) is 0 Å². The van der Waals surface area contributed by atoms with Crippen molar-refractivity contribution in [2.24, 2.45) is 4.99 Å². The molecule has 3 N–H and O–H groups in total. The average Bonchev–Trinajstić information content (AvgIpc) is 2.64. The van der Waals surface area contributed by atoms with Crippen LogP contribution in [-0.4, -0.2) is 67.2 Å². The highest BCUT2D eigenvalue weighted by Gasteiger charge is 2.25. The minimum absolute atomic E-state index is 0.231. The van der Waals surface area contributed by atoms with Crippen molar-refractivity contribution in [2.75, 3.05) is 39.3 Å². The van der Waals surface area contributed by atoms with Crippen LogP contribution in [-0.2, 0) is 11.2 Å². The Morgan fingerprint density at radius 1 is 1.42 bits per heavy atom. The van der Waals surface area contributed by atoms with Gasteiger partial charge < -0.3 is 25.4 Å². The molecule has 0 spiro atoms. The topological polar surface area (TPSA) is 103 Å². The first kappa shape index (κ1) is 18.0. The van der Waals surface area contributed by atoms with Gasteiger partial charge >= 0.3 is 5.97 Å². The lowest BCUT2D eigenvalue weighted by atomic mass is 9.98. The van der Waals surface area contributed by atoms with Crippen LogP contribution in [0.25, 0.3) is 0 Å². The van der Waals surface area contributed by atoms with Crippen LogP contribution in [0.4, 0.5) is 0 Å². The van der Waals surface area contributed by atoms with Crippen LogP contribution in [0.15, 0.2) is 23.2 Å². The number of nitrogens with zero attached hydrogens (tertiary/aromatic N) is 2. The normalized spacial score (nSPS) is 16.4. The van der Waals surface area contributed by atoms with Gasteiger partial charge in [-0.15, -0.1) is 0 Å². The van der Waals surface area contributed by atoms with Crippen molar-refractivity contribution in [3.63, 3.8) is 0 Å². The van der Waals surface area contributed by atoms with E-state index in [9.17, 15) is 9.59 Å². The predicted molar refractivity (Wildman–Crippen MR) is 96.7 cm³/mol. The van der Waals surface area contributed by atoms with Gasteiger partial charge in [-0.25, -0.2) is 0 Å². The number of hydrogen-bond donors (Lipinski definition) is 3. The summed E-state index contributed by atoms with van der Waals surface area (Å²) in [6.07, 6.45) is 2.55. The molecule has 0 radical (unpaired) electrons. The van der Waals surface area contributed by atoms with Crippen molar-refractivity contribution >= 4 is 17.8 Å². The van der Waals surface area contributed by atoms with Crippen LogP contribution in [0.5, 0.6) is 5.75 Å². The monoisotopic (exact) mass is 360 g/mol. The third-order valence-corrected chi connectivity index (χ3v) is 4.35. The lowest BCUT2D eigenvalue weighted by Gasteiger charge is -2.27. The van der Waals surface area contributed by atoms with Crippen LogP contribution in [0, 0.1) is 0 Å². The summed E-state index contributed by atoms with van der Waals surface area (Å²) in [4.78, 5) is 28.8. The van der Waals surface area contributed by atoms with Gasteiger partial charge in [0.25, 0.3) is 5.91 Å². The first-order valence-corrected chi connectivity index (χ1v) is 8.92. The number of aliphatic imine (C=N–C) groups is 1. The molecular weight excluding hydrogens is 336 g/mol. The Kier molecular flexibility index (Phi) is 5.93. The molecule has 2 heterocycles. The third kappa shape index (κ3) is 4.65. The lowest BCUT2D eigenvalue weighted by Crippen LogP contribution is -2.41. The molecule has 26 heavy (non-hydrogen) atoms. The maximum atomic E-state index is 12.3. The van der Waals surface area contributed by atoms with Gasteiger partial charge in [0.15, 0.2) is 5.96 Å². The van der Waals surface area contributed by atoms with Crippen molar-refractivity contribution in [3.8, 4) is 5.75 Å².